The summed E-state index contributed by atoms with van der Waals surface area (Å²) in [5, 5.41) is 16.1. The number of nitrogens with zero attached hydrogens (tertiary/aromatic N) is 3. The number of aromatic nitrogens is 2. The van der Waals surface area contributed by atoms with Crippen LogP contribution in [0.1, 0.15) is 28.9 Å². The molecule has 0 fully saturated rings. The van der Waals surface area contributed by atoms with Gasteiger partial charge in [-0.05, 0) is 56.9 Å². The lowest BCUT2D eigenvalue weighted by molar-refractivity contribution is 0.0951. The first-order valence-corrected chi connectivity index (χ1v) is 10.4. The Balaban J connectivity index is 1.66. The molecule has 2 aromatic carbocycles. The molecule has 0 unspecified atom stereocenters. The highest BCUT2D eigenvalue weighted by Gasteiger charge is 2.11. The number of phenolic OH excluding ortho intramolecular Hbond substituents is 1. The van der Waals surface area contributed by atoms with Gasteiger partial charge < -0.3 is 25.4 Å². The Morgan fingerprint density at radius 3 is 2.59 bits per heavy atom. The van der Waals surface area contributed by atoms with E-state index in [-0.39, 0.29) is 17.7 Å². The van der Waals surface area contributed by atoms with Crippen LogP contribution < -0.4 is 15.4 Å². The van der Waals surface area contributed by atoms with Crippen molar-refractivity contribution in [3.8, 4) is 22.8 Å². The molecule has 1 atom stereocenters. The zero-order chi connectivity index (χ0) is 23.1. The fourth-order valence-corrected chi connectivity index (χ4v) is 3.13. The van der Waals surface area contributed by atoms with Crippen LogP contribution in [0.15, 0.2) is 54.9 Å². The molecule has 3 aromatic rings. The van der Waals surface area contributed by atoms with Crippen molar-refractivity contribution >= 4 is 11.7 Å². The molecule has 0 bridgehead atoms. The molecule has 8 nitrogen and oxygen atoms in total. The summed E-state index contributed by atoms with van der Waals surface area (Å²) in [5.74, 6) is 0.985. The minimum atomic E-state index is -0.0816. The predicted molar refractivity (Wildman–Crippen MR) is 125 cm³/mol. The number of phenols is 1. The molecule has 1 aromatic heterocycles. The number of aromatic hydroxyl groups is 1. The SMILES string of the molecule is COc1cc(-c2cncc(N[C@H](C)c3ccc(C(=O)NCCN(C)C)cc3)n2)ccc1O. The van der Waals surface area contributed by atoms with E-state index >= 15 is 0 Å². The van der Waals surface area contributed by atoms with Crippen LogP contribution in [0.3, 0.4) is 0 Å². The Morgan fingerprint density at radius 1 is 1.16 bits per heavy atom. The van der Waals surface area contributed by atoms with Gasteiger partial charge in [0.15, 0.2) is 11.5 Å². The minimum Gasteiger partial charge on any atom is -0.504 e. The topological polar surface area (TPSA) is 99.6 Å². The molecule has 0 spiro atoms. The van der Waals surface area contributed by atoms with E-state index in [1.807, 2.05) is 50.2 Å². The fraction of sp³-hybridized carbons (Fsp3) is 0.292. The quantitative estimate of drug-likeness (QED) is 0.474. The summed E-state index contributed by atoms with van der Waals surface area (Å²) < 4.78 is 5.17. The summed E-state index contributed by atoms with van der Waals surface area (Å²) in [4.78, 5) is 23.2. The van der Waals surface area contributed by atoms with Gasteiger partial charge in [0, 0.05) is 30.3 Å². The average molecular weight is 436 g/mol. The van der Waals surface area contributed by atoms with Crippen molar-refractivity contribution in [3.63, 3.8) is 0 Å². The zero-order valence-electron chi connectivity index (χ0n) is 18.8. The monoisotopic (exact) mass is 435 g/mol. The molecule has 0 aliphatic carbocycles. The van der Waals surface area contributed by atoms with Gasteiger partial charge in [0.05, 0.1) is 25.2 Å². The van der Waals surface area contributed by atoms with E-state index < -0.39 is 0 Å². The number of methoxy groups -OCH3 is 1. The number of carbonyl (C=O) groups excluding carboxylic acids is 1. The summed E-state index contributed by atoms with van der Waals surface area (Å²) in [6.45, 7) is 3.42. The van der Waals surface area contributed by atoms with Crippen molar-refractivity contribution in [2.75, 3.05) is 39.6 Å². The smallest absolute Gasteiger partial charge is 0.251 e. The molecular formula is C24H29N5O3. The van der Waals surface area contributed by atoms with Crippen LogP contribution in [0.2, 0.25) is 0 Å². The Kier molecular flexibility index (Phi) is 7.62. The van der Waals surface area contributed by atoms with E-state index in [9.17, 15) is 9.90 Å². The van der Waals surface area contributed by atoms with E-state index in [0.29, 0.717) is 29.4 Å². The van der Waals surface area contributed by atoms with Crippen LogP contribution in [0.4, 0.5) is 5.82 Å². The number of hydrogen-bond acceptors (Lipinski definition) is 7. The van der Waals surface area contributed by atoms with Crippen molar-refractivity contribution in [1.82, 2.24) is 20.2 Å². The van der Waals surface area contributed by atoms with Crippen LogP contribution in [-0.4, -0.2) is 60.2 Å². The number of nitrogens with one attached hydrogen (secondary N) is 2. The van der Waals surface area contributed by atoms with E-state index in [4.69, 9.17) is 4.74 Å². The van der Waals surface area contributed by atoms with Gasteiger partial charge in [0.1, 0.15) is 5.82 Å². The first kappa shape index (κ1) is 23.0. The number of anilines is 1. The number of likely N-dealkylation sites (N-methyl/N-ethyl adjacent to an activating group) is 1. The molecule has 32 heavy (non-hydrogen) atoms. The van der Waals surface area contributed by atoms with E-state index in [0.717, 1.165) is 17.7 Å². The molecule has 3 N–H and O–H groups in total. The standard InChI is InChI=1S/C24H29N5O3/c1-16(17-5-7-18(8-6-17)24(31)26-11-12-29(2)3)27-23-15-25-14-20(28-23)19-9-10-21(30)22(13-19)32-4/h5-10,13-16,30H,11-12H2,1-4H3,(H,26,31)(H,27,28)/t16-/m1/s1. The van der Waals surface area contributed by atoms with Crippen molar-refractivity contribution < 1.29 is 14.6 Å². The molecule has 0 saturated carbocycles. The van der Waals surface area contributed by atoms with Gasteiger partial charge in [0.25, 0.3) is 5.91 Å². The van der Waals surface area contributed by atoms with Gasteiger partial charge in [-0.25, -0.2) is 4.98 Å². The van der Waals surface area contributed by atoms with Crippen LogP contribution >= 0.6 is 0 Å². The van der Waals surface area contributed by atoms with Crippen molar-refractivity contribution in [2.45, 2.75) is 13.0 Å². The van der Waals surface area contributed by atoms with Crippen LogP contribution in [0.5, 0.6) is 11.5 Å². The maximum absolute atomic E-state index is 12.2. The molecular weight excluding hydrogens is 406 g/mol. The lowest BCUT2D eigenvalue weighted by Gasteiger charge is -2.16. The van der Waals surface area contributed by atoms with E-state index in [1.54, 1.807) is 30.6 Å². The highest BCUT2D eigenvalue weighted by Crippen LogP contribution is 2.31. The number of hydrogen-bond donors (Lipinski definition) is 3. The third kappa shape index (κ3) is 5.95. The number of ether oxygens (including phenoxy) is 1. The van der Waals surface area contributed by atoms with Gasteiger partial charge in [-0.15, -0.1) is 0 Å². The second-order valence-corrected chi connectivity index (χ2v) is 7.72. The first-order chi connectivity index (χ1) is 15.4. The Morgan fingerprint density at radius 2 is 1.91 bits per heavy atom. The Labute approximate surface area is 188 Å². The molecule has 0 aliphatic heterocycles. The lowest BCUT2D eigenvalue weighted by atomic mass is 10.1. The van der Waals surface area contributed by atoms with Crippen LogP contribution in [0.25, 0.3) is 11.3 Å². The molecule has 0 aliphatic rings. The summed E-state index contributed by atoms with van der Waals surface area (Å²) in [5.41, 5.74) is 3.09. The maximum atomic E-state index is 12.2. The van der Waals surface area contributed by atoms with Crippen molar-refractivity contribution in [3.05, 3.63) is 66.0 Å². The number of carbonyl (C=O) groups is 1. The fourth-order valence-electron chi connectivity index (χ4n) is 3.13. The van der Waals surface area contributed by atoms with Gasteiger partial charge in [-0.2, -0.15) is 0 Å². The molecule has 0 saturated heterocycles. The molecule has 1 heterocycles. The maximum Gasteiger partial charge on any atom is 0.251 e. The average Bonchev–Trinajstić information content (AvgIpc) is 2.79. The zero-order valence-corrected chi connectivity index (χ0v) is 18.8. The normalized spacial score (nSPS) is 11.8. The van der Waals surface area contributed by atoms with Gasteiger partial charge in [0.2, 0.25) is 0 Å². The predicted octanol–water partition coefficient (Wildman–Crippen LogP) is 3.32. The second-order valence-electron chi connectivity index (χ2n) is 7.72. The van der Waals surface area contributed by atoms with Crippen LogP contribution in [0, 0.1) is 0 Å². The summed E-state index contributed by atoms with van der Waals surface area (Å²) >= 11 is 0. The Bertz CT molecular complexity index is 1050. The lowest BCUT2D eigenvalue weighted by Crippen LogP contribution is -2.31. The van der Waals surface area contributed by atoms with Crippen molar-refractivity contribution in [2.24, 2.45) is 0 Å². The van der Waals surface area contributed by atoms with Gasteiger partial charge in [-0.3, -0.25) is 9.78 Å². The Hall–Kier alpha value is -3.65. The van der Waals surface area contributed by atoms with Crippen LogP contribution in [-0.2, 0) is 0 Å². The number of rotatable bonds is 9. The number of amides is 1. The molecule has 3 rings (SSSR count). The second kappa shape index (κ2) is 10.6. The molecule has 0 radical (unpaired) electrons. The van der Waals surface area contributed by atoms with Gasteiger partial charge >= 0.3 is 0 Å². The van der Waals surface area contributed by atoms with Crippen molar-refractivity contribution in [1.29, 1.82) is 0 Å². The summed E-state index contributed by atoms with van der Waals surface area (Å²) in [6, 6.07) is 12.5. The first-order valence-electron chi connectivity index (χ1n) is 10.4. The van der Waals surface area contributed by atoms with Gasteiger partial charge in [-0.1, -0.05) is 12.1 Å². The molecule has 1 amide bonds. The minimum absolute atomic E-state index is 0.0419. The number of benzene rings is 2. The third-order valence-corrected chi connectivity index (χ3v) is 4.99. The highest BCUT2D eigenvalue weighted by atomic mass is 16.5. The largest absolute Gasteiger partial charge is 0.504 e. The van der Waals surface area contributed by atoms with E-state index in [1.165, 1.54) is 7.11 Å². The molecule has 8 heteroatoms. The summed E-state index contributed by atoms with van der Waals surface area (Å²) in [6.07, 6.45) is 3.32. The van der Waals surface area contributed by atoms with E-state index in [2.05, 4.69) is 20.6 Å². The highest BCUT2D eigenvalue weighted by molar-refractivity contribution is 5.94. The molecule has 168 valence electrons. The summed E-state index contributed by atoms with van der Waals surface area (Å²) in [7, 11) is 5.44. The third-order valence-electron chi connectivity index (χ3n) is 4.99.